The van der Waals surface area contributed by atoms with Gasteiger partial charge in [-0.05, 0) is 54.6 Å². The molecule has 0 fully saturated rings. The second kappa shape index (κ2) is 9.34. The van der Waals surface area contributed by atoms with Crippen LogP contribution in [0.3, 0.4) is 0 Å². The van der Waals surface area contributed by atoms with Crippen LogP contribution in [-0.4, -0.2) is 31.5 Å². The average molecular weight is 544 g/mol. The number of hydrazone groups is 1. The van der Waals surface area contributed by atoms with Crippen molar-refractivity contribution in [2.24, 2.45) is 10.1 Å². The average Bonchev–Trinajstić information content (AvgIpc) is 3.43. The number of nitrogens with zero attached hydrogens (tertiary/aromatic N) is 4. The maximum atomic E-state index is 13.1. The predicted octanol–water partition coefficient (Wildman–Crippen LogP) is 6.97. The smallest absolute Gasteiger partial charge is 0.283 e. The summed E-state index contributed by atoms with van der Waals surface area (Å²) in [6, 6.07) is 23.2. The van der Waals surface area contributed by atoms with Gasteiger partial charge in [-0.1, -0.05) is 71.7 Å². The maximum absolute atomic E-state index is 13.1. The van der Waals surface area contributed by atoms with Crippen LogP contribution in [0.4, 0.5) is 0 Å². The standard InChI is InChI=1S/C28H19Cl2N5OS/c1-16-21(19-6-3-5-9-24(19)34(16)15-17-10-12-18(29)13-11-17)14-22-25(31)35-28(32-26(22)36)37-27(33-35)20-7-2-4-8-23(20)30/h2-14,31H,15H2,1H3/b22-14-,31-25?. The van der Waals surface area contributed by atoms with Gasteiger partial charge in [0.15, 0.2) is 5.84 Å². The van der Waals surface area contributed by atoms with Crippen LogP contribution in [0.2, 0.25) is 10.0 Å². The van der Waals surface area contributed by atoms with Crippen LogP contribution >= 0.6 is 35.0 Å². The zero-order chi connectivity index (χ0) is 25.7. The normalized spacial score (nSPS) is 16.4. The number of hydrogen-bond acceptors (Lipinski definition) is 4. The molecule has 0 unspecified atom stereocenters. The molecule has 0 atom stereocenters. The highest BCUT2D eigenvalue weighted by Crippen LogP contribution is 2.35. The molecule has 0 bridgehead atoms. The highest BCUT2D eigenvalue weighted by molar-refractivity contribution is 8.27. The molecule has 1 amide bonds. The molecule has 2 aliphatic heterocycles. The second-order valence-electron chi connectivity index (χ2n) is 8.63. The first-order chi connectivity index (χ1) is 17.9. The number of para-hydroxylation sites is 1. The molecule has 0 radical (unpaired) electrons. The highest BCUT2D eigenvalue weighted by atomic mass is 35.5. The van der Waals surface area contributed by atoms with E-state index in [1.54, 1.807) is 12.1 Å². The molecule has 3 aromatic carbocycles. The minimum absolute atomic E-state index is 0.0153. The number of amidine groups is 2. The first kappa shape index (κ1) is 23.7. The molecule has 3 heterocycles. The van der Waals surface area contributed by atoms with Crippen molar-refractivity contribution in [1.29, 1.82) is 5.41 Å². The van der Waals surface area contributed by atoms with Crippen LogP contribution in [0.1, 0.15) is 22.4 Å². The van der Waals surface area contributed by atoms with E-state index in [1.165, 1.54) is 16.8 Å². The van der Waals surface area contributed by atoms with E-state index in [1.807, 2.05) is 67.6 Å². The fraction of sp³-hybridized carbons (Fsp3) is 0.0714. The van der Waals surface area contributed by atoms with E-state index in [4.69, 9.17) is 28.6 Å². The number of hydrogen-bond donors (Lipinski definition) is 1. The molecule has 6 rings (SSSR count). The van der Waals surface area contributed by atoms with Crippen molar-refractivity contribution in [3.63, 3.8) is 0 Å². The number of fused-ring (bicyclic) bond motifs is 2. The number of aromatic nitrogens is 1. The van der Waals surface area contributed by atoms with Crippen molar-refractivity contribution in [2.75, 3.05) is 0 Å². The molecule has 2 aliphatic rings. The van der Waals surface area contributed by atoms with Gasteiger partial charge in [0.1, 0.15) is 5.04 Å². The summed E-state index contributed by atoms with van der Waals surface area (Å²) < 4.78 is 2.20. The van der Waals surface area contributed by atoms with Gasteiger partial charge in [0, 0.05) is 39.3 Å². The number of thioether (sulfide) groups is 1. The molecular formula is C28H19Cl2N5OS. The van der Waals surface area contributed by atoms with Crippen LogP contribution in [0.5, 0.6) is 0 Å². The summed E-state index contributed by atoms with van der Waals surface area (Å²) in [5.41, 5.74) is 4.92. The lowest BCUT2D eigenvalue weighted by Gasteiger charge is -2.20. The monoisotopic (exact) mass is 543 g/mol. The highest BCUT2D eigenvalue weighted by Gasteiger charge is 2.36. The summed E-state index contributed by atoms with van der Waals surface area (Å²) in [6.45, 7) is 2.67. The molecule has 0 saturated carbocycles. The van der Waals surface area contributed by atoms with E-state index < -0.39 is 5.91 Å². The minimum atomic E-state index is -0.465. The number of benzene rings is 3. The lowest BCUT2D eigenvalue weighted by molar-refractivity contribution is -0.114. The molecule has 0 spiro atoms. The van der Waals surface area contributed by atoms with E-state index in [0.717, 1.165) is 33.3 Å². The fourth-order valence-corrected chi connectivity index (χ4v) is 5.83. The third kappa shape index (κ3) is 4.19. The van der Waals surface area contributed by atoms with Crippen LogP contribution < -0.4 is 0 Å². The number of rotatable bonds is 4. The summed E-state index contributed by atoms with van der Waals surface area (Å²) >= 11 is 13.7. The van der Waals surface area contributed by atoms with Crippen molar-refractivity contribution < 1.29 is 4.79 Å². The third-order valence-corrected chi connectivity index (χ3v) is 7.90. The molecule has 0 aliphatic carbocycles. The molecule has 37 heavy (non-hydrogen) atoms. The lowest BCUT2D eigenvalue weighted by atomic mass is 10.1. The molecule has 9 heteroatoms. The van der Waals surface area contributed by atoms with E-state index in [-0.39, 0.29) is 11.4 Å². The van der Waals surface area contributed by atoms with Crippen molar-refractivity contribution in [3.05, 3.63) is 111 Å². The molecule has 4 aromatic rings. The Morgan fingerprint density at radius 2 is 1.73 bits per heavy atom. The quantitative estimate of drug-likeness (QED) is 0.282. The molecule has 182 valence electrons. The van der Waals surface area contributed by atoms with Gasteiger partial charge < -0.3 is 4.57 Å². The molecule has 0 saturated heterocycles. The van der Waals surface area contributed by atoms with E-state index in [9.17, 15) is 4.79 Å². The first-order valence-corrected chi connectivity index (χ1v) is 13.1. The van der Waals surface area contributed by atoms with E-state index in [2.05, 4.69) is 20.7 Å². The predicted molar refractivity (Wildman–Crippen MR) is 153 cm³/mol. The van der Waals surface area contributed by atoms with Gasteiger partial charge in [-0.25, -0.2) is 0 Å². The number of aliphatic imine (C=N–C) groups is 1. The van der Waals surface area contributed by atoms with E-state index >= 15 is 0 Å². The molecule has 1 aromatic heterocycles. The first-order valence-electron chi connectivity index (χ1n) is 11.5. The Morgan fingerprint density at radius 1 is 1.00 bits per heavy atom. The van der Waals surface area contributed by atoms with Crippen LogP contribution in [0.15, 0.2) is 88.5 Å². The van der Waals surface area contributed by atoms with Gasteiger partial charge in [-0.3, -0.25) is 10.2 Å². The number of halogens is 2. The Labute approximate surface area is 227 Å². The zero-order valence-corrected chi connectivity index (χ0v) is 21.9. The van der Waals surface area contributed by atoms with Crippen molar-refractivity contribution in [2.45, 2.75) is 13.5 Å². The van der Waals surface area contributed by atoms with Crippen molar-refractivity contribution in [3.8, 4) is 0 Å². The summed E-state index contributed by atoms with van der Waals surface area (Å²) in [7, 11) is 0. The number of carbonyl (C=O) groups is 1. The van der Waals surface area contributed by atoms with Crippen LogP contribution in [0, 0.1) is 12.3 Å². The lowest BCUT2D eigenvalue weighted by Crippen LogP contribution is -2.35. The number of carbonyl (C=O) groups excluding carboxylic acids is 1. The van der Waals surface area contributed by atoms with Crippen molar-refractivity contribution in [1.82, 2.24) is 9.58 Å². The molecule has 1 N–H and O–H groups in total. The second-order valence-corrected chi connectivity index (χ2v) is 10.4. The largest absolute Gasteiger partial charge is 0.340 e. The number of nitrogens with one attached hydrogen (secondary N) is 1. The third-order valence-electron chi connectivity index (χ3n) is 6.38. The van der Waals surface area contributed by atoms with Crippen LogP contribution in [-0.2, 0) is 11.3 Å². The van der Waals surface area contributed by atoms with Gasteiger partial charge in [-0.15, -0.1) is 0 Å². The van der Waals surface area contributed by atoms with Gasteiger partial charge in [0.25, 0.3) is 5.91 Å². The van der Waals surface area contributed by atoms with Gasteiger partial charge in [-0.2, -0.15) is 15.1 Å². The van der Waals surface area contributed by atoms with Crippen molar-refractivity contribution >= 4 is 73.9 Å². The summed E-state index contributed by atoms with van der Waals surface area (Å²) in [5, 5.41) is 18.0. The minimum Gasteiger partial charge on any atom is -0.340 e. The summed E-state index contributed by atoms with van der Waals surface area (Å²) in [6.07, 6.45) is 1.76. The molecular weight excluding hydrogens is 525 g/mol. The van der Waals surface area contributed by atoms with Gasteiger partial charge in [0.2, 0.25) is 5.17 Å². The summed E-state index contributed by atoms with van der Waals surface area (Å²) in [4.78, 5) is 17.4. The Bertz CT molecular complexity index is 1700. The summed E-state index contributed by atoms with van der Waals surface area (Å²) in [5.74, 6) is -0.480. The van der Waals surface area contributed by atoms with E-state index in [0.29, 0.717) is 26.8 Å². The Kier molecular flexibility index (Phi) is 5.99. The zero-order valence-electron chi connectivity index (χ0n) is 19.6. The number of amides is 1. The molecule has 6 nitrogen and oxygen atoms in total. The Balaban J connectivity index is 1.41. The fourth-order valence-electron chi connectivity index (χ4n) is 4.50. The maximum Gasteiger partial charge on any atom is 0.283 e. The van der Waals surface area contributed by atoms with Crippen LogP contribution in [0.25, 0.3) is 17.0 Å². The Hall–Kier alpha value is -3.65. The van der Waals surface area contributed by atoms with Gasteiger partial charge in [0.05, 0.1) is 10.6 Å². The van der Waals surface area contributed by atoms with Gasteiger partial charge >= 0.3 is 0 Å². The topological polar surface area (TPSA) is 73.8 Å². The SMILES string of the molecule is Cc1c(/C=C2/C(=N)N3N=C(c4ccccc4Cl)SC3=NC2=O)c2ccccc2n1Cc1ccc(Cl)cc1. The Morgan fingerprint density at radius 3 is 2.51 bits per heavy atom.